The van der Waals surface area contributed by atoms with Crippen molar-refractivity contribution in [2.75, 3.05) is 49.1 Å². The fourth-order valence-corrected chi connectivity index (χ4v) is 3.35. The zero-order valence-electron chi connectivity index (χ0n) is 17.2. The van der Waals surface area contributed by atoms with E-state index in [9.17, 15) is 9.59 Å². The maximum absolute atomic E-state index is 13.1. The molecule has 154 valence electrons. The van der Waals surface area contributed by atoms with Gasteiger partial charge in [0.05, 0.1) is 6.61 Å². The third kappa shape index (κ3) is 4.82. The second-order valence-corrected chi connectivity index (χ2v) is 6.82. The normalized spacial score (nSPS) is 13.9. The third-order valence-electron chi connectivity index (χ3n) is 4.88. The minimum absolute atomic E-state index is 0.160. The lowest BCUT2D eigenvalue weighted by atomic mass is 10.2. The molecule has 0 atom stereocenters. The monoisotopic (exact) mass is 397 g/mol. The van der Waals surface area contributed by atoms with E-state index in [1.165, 1.54) is 6.33 Å². The topological polar surface area (TPSA) is 78.9 Å². The Bertz CT molecular complexity index is 865. The second kappa shape index (κ2) is 9.36. The largest absolute Gasteiger partial charge is 0.450 e. The lowest BCUT2D eigenvalue weighted by Gasteiger charge is -2.34. The molecule has 0 saturated carbocycles. The molecule has 0 unspecified atom stereocenters. The maximum atomic E-state index is 13.1. The Labute approximate surface area is 171 Å². The molecule has 3 rings (SSSR count). The Balaban J connectivity index is 1.72. The van der Waals surface area contributed by atoms with Crippen molar-refractivity contribution >= 4 is 23.5 Å². The van der Waals surface area contributed by atoms with E-state index < -0.39 is 0 Å². The predicted molar refractivity (Wildman–Crippen MR) is 111 cm³/mol. The molecule has 0 aliphatic carbocycles. The highest BCUT2D eigenvalue weighted by Crippen LogP contribution is 2.20. The van der Waals surface area contributed by atoms with Gasteiger partial charge >= 0.3 is 6.09 Å². The van der Waals surface area contributed by atoms with Gasteiger partial charge in [-0.15, -0.1) is 0 Å². The van der Waals surface area contributed by atoms with Crippen LogP contribution in [0.25, 0.3) is 0 Å². The number of rotatable bonds is 5. The van der Waals surface area contributed by atoms with Crippen LogP contribution in [-0.4, -0.2) is 66.2 Å². The molecule has 2 heterocycles. The minimum atomic E-state index is -0.289. The predicted octanol–water partition coefficient (Wildman–Crippen LogP) is 2.73. The van der Waals surface area contributed by atoms with Gasteiger partial charge in [0.1, 0.15) is 17.8 Å². The van der Waals surface area contributed by atoms with Gasteiger partial charge < -0.3 is 19.4 Å². The van der Waals surface area contributed by atoms with Gasteiger partial charge in [-0.1, -0.05) is 12.1 Å². The lowest BCUT2D eigenvalue weighted by molar-refractivity contribution is 0.0983. The summed E-state index contributed by atoms with van der Waals surface area (Å²) in [4.78, 5) is 38.9. The quantitative estimate of drug-likeness (QED) is 0.772. The minimum Gasteiger partial charge on any atom is -0.450 e. The molecule has 0 bridgehead atoms. The molecule has 8 heteroatoms. The molecule has 8 nitrogen and oxygen atoms in total. The van der Waals surface area contributed by atoms with Crippen LogP contribution >= 0.6 is 0 Å². The fraction of sp³-hybridized carbons (Fsp3) is 0.429. The van der Waals surface area contributed by atoms with Gasteiger partial charge in [-0.2, -0.15) is 0 Å². The summed E-state index contributed by atoms with van der Waals surface area (Å²) >= 11 is 0. The molecule has 1 aliphatic rings. The van der Waals surface area contributed by atoms with Crippen LogP contribution in [0.3, 0.4) is 0 Å². The highest BCUT2D eigenvalue weighted by molar-refractivity contribution is 6.05. The number of aryl methyl sites for hydroxylation is 1. The van der Waals surface area contributed by atoms with Crippen molar-refractivity contribution < 1.29 is 14.3 Å². The number of piperazine rings is 1. The number of hydrogen-bond donors (Lipinski definition) is 0. The number of carbonyl (C=O) groups excluding carboxylic acids is 2. The Morgan fingerprint density at radius 1 is 1.10 bits per heavy atom. The molecule has 2 amide bonds. The van der Waals surface area contributed by atoms with Crippen molar-refractivity contribution in [2.45, 2.75) is 20.8 Å². The Hall–Kier alpha value is -3.16. The van der Waals surface area contributed by atoms with Crippen LogP contribution in [0.2, 0.25) is 0 Å². The molecule has 1 fully saturated rings. The van der Waals surface area contributed by atoms with E-state index in [-0.39, 0.29) is 12.0 Å². The molecule has 1 aromatic carbocycles. The fourth-order valence-electron chi connectivity index (χ4n) is 3.35. The first-order valence-electron chi connectivity index (χ1n) is 9.90. The lowest BCUT2D eigenvalue weighted by Crippen LogP contribution is -2.49. The standard InChI is InChI=1S/C21H27N5O3/c1-4-26(17-8-6-7-16(3)13-17)20(27)18-14-19(23-15-22-18)24-9-11-25(12-10-24)21(28)29-5-2/h6-8,13-15H,4-5,9-12H2,1-3H3. The summed E-state index contributed by atoms with van der Waals surface area (Å²) in [5.41, 5.74) is 2.29. The van der Waals surface area contributed by atoms with Gasteiger partial charge in [0, 0.05) is 44.5 Å². The first kappa shape index (κ1) is 20.6. The molecule has 1 aromatic heterocycles. The maximum Gasteiger partial charge on any atom is 0.409 e. The summed E-state index contributed by atoms with van der Waals surface area (Å²) < 4.78 is 5.05. The van der Waals surface area contributed by atoms with Crippen LogP contribution in [0.5, 0.6) is 0 Å². The molecule has 1 aliphatic heterocycles. The summed E-state index contributed by atoms with van der Waals surface area (Å²) in [5, 5.41) is 0. The molecule has 29 heavy (non-hydrogen) atoms. The van der Waals surface area contributed by atoms with Gasteiger partial charge in [-0.25, -0.2) is 14.8 Å². The van der Waals surface area contributed by atoms with Crippen LogP contribution in [0.4, 0.5) is 16.3 Å². The van der Waals surface area contributed by atoms with Crippen molar-refractivity contribution in [1.82, 2.24) is 14.9 Å². The first-order chi connectivity index (χ1) is 14.0. The van der Waals surface area contributed by atoms with E-state index in [0.29, 0.717) is 50.8 Å². The second-order valence-electron chi connectivity index (χ2n) is 6.82. The Morgan fingerprint density at radius 3 is 2.52 bits per heavy atom. The van der Waals surface area contributed by atoms with Crippen LogP contribution in [0.15, 0.2) is 36.7 Å². The summed E-state index contributed by atoms with van der Waals surface area (Å²) in [6, 6.07) is 9.57. The molecule has 0 N–H and O–H groups in total. The van der Waals surface area contributed by atoms with Gasteiger partial charge in [0.2, 0.25) is 0 Å². The van der Waals surface area contributed by atoms with Gasteiger partial charge in [-0.05, 0) is 38.5 Å². The van der Waals surface area contributed by atoms with E-state index >= 15 is 0 Å². The molecule has 2 aromatic rings. The van der Waals surface area contributed by atoms with Gasteiger partial charge in [-0.3, -0.25) is 4.79 Å². The van der Waals surface area contributed by atoms with Crippen LogP contribution in [0, 0.1) is 6.92 Å². The van der Waals surface area contributed by atoms with E-state index in [1.807, 2.05) is 38.1 Å². The van der Waals surface area contributed by atoms with Crippen molar-refractivity contribution in [1.29, 1.82) is 0 Å². The SMILES string of the molecule is CCOC(=O)N1CCN(c2cc(C(=O)N(CC)c3cccc(C)c3)ncn2)CC1. The number of aromatic nitrogens is 2. The van der Waals surface area contributed by atoms with Crippen molar-refractivity contribution in [3.8, 4) is 0 Å². The first-order valence-corrected chi connectivity index (χ1v) is 9.90. The highest BCUT2D eigenvalue weighted by atomic mass is 16.6. The molecule has 0 radical (unpaired) electrons. The van der Waals surface area contributed by atoms with Crippen LogP contribution < -0.4 is 9.80 Å². The van der Waals surface area contributed by atoms with E-state index in [1.54, 1.807) is 22.8 Å². The molecular weight excluding hydrogens is 370 g/mol. The zero-order valence-corrected chi connectivity index (χ0v) is 17.2. The van der Waals surface area contributed by atoms with Crippen LogP contribution in [0.1, 0.15) is 29.9 Å². The van der Waals surface area contributed by atoms with E-state index in [4.69, 9.17) is 4.74 Å². The third-order valence-corrected chi connectivity index (χ3v) is 4.88. The van der Waals surface area contributed by atoms with Gasteiger partial charge in [0.15, 0.2) is 0 Å². The van der Waals surface area contributed by atoms with E-state index in [0.717, 1.165) is 11.3 Å². The number of benzene rings is 1. The van der Waals surface area contributed by atoms with E-state index in [2.05, 4.69) is 14.9 Å². The zero-order chi connectivity index (χ0) is 20.8. The number of carbonyl (C=O) groups is 2. The number of anilines is 2. The number of ether oxygens (including phenoxy) is 1. The number of hydrogen-bond acceptors (Lipinski definition) is 6. The van der Waals surface area contributed by atoms with Crippen molar-refractivity contribution in [3.63, 3.8) is 0 Å². The molecule has 0 spiro atoms. The molecule has 1 saturated heterocycles. The number of nitrogens with zero attached hydrogens (tertiary/aromatic N) is 5. The Morgan fingerprint density at radius 2 is 1.86 bits per heavy atom. The smallest absolute Gasteiger partial charge is 0.409 e. The van der Waals surface area contributed by atoms with Gasteiger partial charge in [0.25, 0.3) is 5.91 Å². The van der Waals surface area contributed by atoms with Crippen molar-refractivity contribution in [2.24, 2.45) is 0 Å². The summed E-state index contributed by atoms with van der Waals surface area (Å²) in [6.07, 6.45) is 1.13. The average molecular weight is 397 g/mol. The summed E-state index contributed by atoms with van der Waals surface area (Å²) in [5.74, 6) is 0.527. The van der Waals surface area contributed by atoms with Crippen LogP contribution in [-0.2, 0) is 4.74 Å². The highest BCUT2D eigenvalue weighted by Gasteiger charge is 2.24. The molecular formula is C21H27N5O3. The Kier molecular flexibility index (Phi) is 6.64. The number of amides is 2. The average Bonchev–Trinajstić information content (AvgIpc) is 2.75. The van der Waals surface area contributed by atoms with Crippen molar-refractivity contribution in [3.05, 3.63) is 47.9 Å². The summed E-state index contributed by atoms with van der Waals surface area (Å²) in [6.45, 7) is 9.00. The summed E-state index contributed by atoms with van der Waals surface area (Å²) in [7, 11) is 0.